The Morgan fingerprint density at radius 1 is 1.00 bits per heavy atom. The Bertz CT molecular complexity index is 1550. The number of halogens is 4. The van der Waals surface area contributed by atoms with Crippen LogP contribution in [0, 0.1) is 0 Å². The topological polar surface area (TPSA) is 75.4 Å². The minimum Gasteiger partial charge on any atom is -0.507 e. The second-order valence-corrected chi connectivity index (χ2v) is 9.88. The molecule has 11 heteroatoms. The summed E-state index contributed by atoms with van der Waals surface area (Å²) in [6, 6.07) is 16.5. The molecular formula is C28H24BrF3N2O5. The lowest BCUT2D eigenvalue weighted by Crippen LogP contribution is -2.46. The van der Waals surface area contributed by atoms with Crippen molar-refractivity contribution in [3.8, 4) is 23.0 Å². The number of methoxy groups -OCH3 is 1. The fourth-order valence-electron chi connectivity index (χ4n) is 4.54. The van der Waals surface area contributed by atoms with Crippen LogP contribution in [0.15, 0.2) is 74.3 Å². The van der Waals surface area contributed by atoms with Crippen molar-refractivity contribution < 1.29 is 32.2 Å². The molecule has 3 aromatic carbocycles. The molecule has 7 nitrogen and oxygen atoms in total. The molecule has 2 heterocycles. The van der Waals surface area contributed by atoms with Crippen molar-refractivity contribution >= 4 is 32.6 Å². The number of phenolic OH excluding ortho intramolecular Hbond substituents is 1. The fraction of sp³-hybridized carbons (Fsp3) is 0.250. The molecule has 0 bridgehead atoms. The number of aromatic hydroxyl groups is 1. The predicted molar refractivity (Wildman–Crippen MR) is 144 cm³/mol. The van der Waals surface area contributed by atoms with Crippen molar-refractivity contribution in [1.29, 1.82) is 0 Å². The maximum absolute atomic E-state index is 14.1. The Balaban J connectivity index is 1.46. The van der Waals surface area contributed by atoms with Gasteiger partial charge in [0.1, 0.15) is 22.8 Å². The molecule has 4 aromatic rings. The van der Waals surface area contributed by atoms with Crippen LogP contribution in [-0.2, 0) is 12.7 Å². The SMILES string of the molecule is COc1ccc(N2CCN(Cc3c(O)ccc4c(=O)c(Oc5ccccc5Br)c(C(F)(F)F)oc34)CC2)cc1. The van der Waals surface area contributed by atoms with Gasteiger partial charge in [-0.05, 0) is 64.5 Å². The van der Waals surface area contributed by atoms with E-state index in [9.17, 15) is 23.1 Å². The van der Waals surface area contributed by atoms with Crippen LogP contribution in [-0.4, -0.2) is 43.3 Å². The summed E-state index contributed by atoms with van der Waals surface area (Å²) in [5.74, 6) is -1.99. The van der Waals surface area contributed by atoms with Gasteiger partial charge in [0.2, 0.25) is 11.2 Å². The lowest BCUT2D eigenvalue weighted by atomic mass is 10.1. The van der Waals surface area contributed by atoms with E-state index in [-0.39, 0.29) is 34.6 Å². The van der Waals surface area contributed by atoms with Crippen molar-refractivity contribution in [3.63, 3.8) is 0 Å². The molecule has 1 N–H and O–H groups in total. The lowest BCUT2D eigenvalue weighted by molar-refractivity contribution is -0.154. The largest absolute Gasteiger partial charge is 0.507 e. The molecule has 39 heavy (non-hydrogen) atoms. The number of rotatable bonds is 6. The van der Waals surface area contributed by atoms with Gasteiger partial charge in [0.15, 0.2) is 0 Å². The second kappa shape index (κ2) is 10.8. The number of anilines is 1. The van der Waals surface area contributed by atoms with Crippen LogP contribution in [0.3, 0.4) is 0 Å². The minimum absolute atomic E-state index is 0.0309. The predicted octanol–water partition coefficient (Wildman–Crippen LogP) is 6.40. The van der Waals surface area contributed by atoms with E-state index in [0.717, 1.165) is 11.4 Å². The molecular weight excluding hydrogens is 581 g/mol. The van der Waals surface area contributed by atoms with E-state index in [0.29, 0.717) is 30.7 Å². The van der Waals surface area contributed by atoms with Gasteiger partial charge in [-0.3, -0.25) is 9.69 Å². The monoisotopic (exact) mass is 604 g/mol. The fourth-order valence-corrected chi connectivity index (χ4v) is 4.90. The first kappa shape index (κ1) is 26.9. The van der Waals surface area contributed by atoms with Gasteiger partial charge in [-0.2, -0.15) is 13.2 Å². The van der Waals surface area contributed by atoms with Gasteiger partial charge in [0.25, 0.3) is 5.76 Å². The highest BCUT2D eigenvalue weighted by molar-refractivity contribution is 9.10. The van der Waals surface area contributed by atoms with Gasteiger partial charge >= 0.3 is 6.18 Å². The van der Waals surface area contributed by atoms with E-state index in [1.807, 2.05) is 29.2 Å². The van der Waals surface area contributed by atoms with Crippen LogP contribution in [0.25, 0.3) is 11.0 Å². The van der Waals surface area contributed by atoms with Gasteiger partial charge in [0, 0.05) is 38.4 Å². The summed E-state index contributed by atoms with van der Waals surface area (Å²) < 4.78 is 58.6. The number of piperazine rings is 1. The second-order valence-electron chi connectivity index (χ2n) is 9.02. The van der Waals surface area contributed by atoms with Crippen molar-refractivity contribution in [2.24, 2.45) is 0 Å². The summed E-state index contributed by atoms with van der Waals surface area (Å²) in [6.07, 6.45) is -5.02. The highest BCUT2D eigenvalue weighted by atomic mass is 79.9. The number of phenols is 1. The summed E-state index contributed by atoms with van der Waals surface area (Å²) >= 11 is 3.22. The summed E-state index contributed by atoms with van der Waals surface area (Å²) in [5.41, 5.74) is -0.156. The number of alkyl halides is 3. The Labute approximate surface area is 230 Å². The molecule has 0 radical (unpaired) electrons. The molecule has 1 fully saturated rings. The first-order chi connectivity index (χ1) is 18.7. The number of para-hydroxylation sites is 1. The summed E-state index contributed by atoms with van der Waals surface area (Å²) in [5, 5.41) is 10.5. The Morgan fingerprint density at radius 3 is 2.33 bits per heavy atom. The first-order valence-electron chi connectivity index (χ1n) is 12.1. The molecule has 0 aliphatic carbocycles. The van der Waals surface area contributed by atoms with Crippen molar-refractivity contribution in [3.05, 3.63) is 86.7 Å². The van der Waals surface area contributed by atoms with Crippen LogP contribution >= 0.6 is 15.9 Å². The van der Waals surface area contributed by atoms with Gasteiger partial charge < -0.3 is 23.9 Å². The van der Waals surface area contributed by atoms with E-state index in [1.54, 1.807) is 25.3 Å². The summed E-state index contributed by atoms with van der Waals surface area (Å²) in [7, 11) is 1.60. The number of fused-ring (bicyclic) bond motifs is 1. The van der Waals surface area contributed by atoms with Crippen molar-refractivity contribution in [2.45, 2.75) is 12.7 Å². The molecule has 0 amide bonds. The average molecular weight is 605 g/mol. The summed E-state index contributed by atoms with van der Waals surface area (Å²) in [4.78, 5) is 17.5. The van der Waals surface area contributed by atoms with E-state index in [1.165, 1.54) is 18.2 Å². The Hall–Kier alpha value is -3.70. The third-order valence-corrected chi connectivity index (χ3v) is 7.25. The average Bonchev–Trinajstić information content (AvgIpc) is 2.92. The van der Waals surface area contributed by atoms with E-state index >= 15 is 0 Å². The van der Waals surface area contributed by atoms with Crippen LogP contribution in [0.5, 0.6) is 23.0 Å². The highest BCUT2D eigenvalue weighted by Gasteiger charge is 2.41. The number of ether oxygens (including phenoxy) is 2. The molecule has 1 aliphatic rings. The van der Waals surface area contributed by atoms with Gasteiger partial charge in [-0.15, -0.1) is 0 Å². The molecule has 1 saturated heterocycles. The maximum Gasteiger partial charge on any atom is 0.453 e. The van der Waals surface area contributed by atoms with Gasteiger partial charge in [-0.25, -0.2) is 0 Å². The molecule has 204 valence electrons. The molecule has 1 aromatic heterocycles. The Morgan fingerprint density at radius 2 is 1.69 bits per heavy atom. The normalized spacial score (nSPS) is 14.5. The van der Waals surface area contributed by atoms with E-state index < -0.39 is 23.1 Å². The molecule has 5 rings (SSSR count). The summed E-state index contributed by atoms with van der Waals surface area (Å²) in [6.45, 7) is 2.60. The van der Waals surface area contributed by atoms with Gasteiger partial charge in [-0.1, -0.05) is 12.1 Å². The Kier molecular flexibility index (Phi) is 7.46. The zero-order valence-electron chi connectivity index (χ0n) is 20.8. The van der Waals surface area contributed by atoms with Crippen LogP contribution in [0.2, 0.25) is 0 Å². The molecule has 1 aliphatic heterocycles. The third-order valence-electron chi connectivity index (χ3n) is 6.59. The number of nitrogens with zero attached hydrogens (tertiary/aromatic N) is 2. The van der Waals surface area contributed by atoms with Crippen LogP contribution in [0.1, 0.15) is 11.3 Å². The molecule has 0 atom stereocenters. The zero-order chi connectivity index (χ0) is 27.7. The number of benzene rings is 3. The highest BCUT2D eigenvalue weighted by Crippen LogP contribution is 2.41. The molecule has 0 saturated carbocycles. The quantitative estimate of drug-likeness (QED) is 0.273. The number of hydrogen-bond acceptors (Lipinski definition) is 7. The van der Waals surface area contributed by atoms with Gasteiger partial charge in [0.05, 0.1) is 22.5 Å². The van der Waals surface area contributed by atoms with Crippen LogP contribution < -0.4 is 19.8 Å². The maximum atomic E-state index is 14.1. The molecule has 0 unspecified atom stereocenters. The zero-order valence-corrected chi connectivity index (χ0v) is 22.4. The lowest BCUT2D eigenvalue weighted by Gasteiger charge is -2.36. The van der Waals surface area contributed by atoms with E-state index in [4.69, 9.17) is 13.9 Å². The minimum atomic E-state index is -5.02. The third kappa shape index (κ3) is 5.55. The first-order valence-corrected chi connectivity index (χ1v) is 12.9. The van der Waals surface area contributed by atoms with Crippen LogP contribution in [0.4, 0.5) is 18.9 Å². The molecule has 0 spiro atoms. The van der Waals surface area contributed by atoms with Crippen molar-refractivity contribution in [1.82, 2.24) is 4.90 Å². The number of hydrogen-bond donors (Lipinski definition) is 1. The van der Waals surface area contributed by atoms with Crippen molar-refractivity contribution in [2.75, 3.05) is 38.2 Å². The smallest absolute Gasteiger partial charge is 0.453 e. The van der Waals surface area contributed by atoms with E-state index in [2.05, 4.69) is 20.8 Å². The standard InChI is InChI=1S/C28H24BrF3N2O5/c1-37-18-8-6-17(7-9-18)34-14-12-33(13-15-34)16-20-22(35)11-10-19-24(36)26(27(28(30,31)32)39-25(19)20)38-23-5-3-2-4-21(23)29/h2-11,35H,12-16H2,1H3.